The minimum atomic E-state index is -1.13. The Labute approximate surface area is 141 Å². The zero-order valence-electron chi connectivity index (χ0n) is 12.7. The highest BCUT2D eigenvalue weighted by molar-refractivity contribution is 9.18. The molecule has 6 nitrogen and oxygen atoms in total. The maximum atomic E-state index is 6.10. The van der Waals surface area contributed by atoms with E-state index in [2.05, 4.69) is 21.1 Å². The van der Waals surface area contributed by atoms with Crippen molar-refractivity contribution in [3.05, 3.63) is 41.6 Å². The molecule has 0 amide bonds. The van der Waals surface area contributed by atoms with E-state index in [4.69, 9.17) is 24.0 Å². The number of ether oxygens (including phenoxy) is 3. The number of para-hydroxylation sites is 1. The fourth-order valence-electron chi connectivity index (χ4n) is 3.10. The molecule has 0 radical (unpaired) electrons. The summed E-state index contributed by atoms with van der Waals surface area (Å²) in [5.41, 5.74) is 2.40. The Morgan fingerprint density at radius 1 is 1.30 bits per heavy atom. The van der Waals surface area contributed by atoms with Gasteiger partial charge in [-0.1, -0.05) is 23.4 Å². The van der Waals surface area contributed by atoms with Crippen molar-refractivity contribution < 1.29 is 19.0 Å². The van der Waals surface area contributed by atoms with Crippen LogP contribution >= 0.6 is 15.9 Å². The molecule has 0 saturated carbocycles. The summed E-state index contributed by atoms with van der Waals surface area (Å²) in [6, 6.07) is 9.92. The Morgan fingerprint density at radius 3 is 2.91 bits per heavy atom. The topological polar surface area (TPSA) is 62.2 Å². The zero-order chi connectivity index (χ0) is 16.0. The van der Waals surface area contributed by atoms with Crippen LogP contribution in [0.2, 0.25) is 0 Å². The van der Waals surface area contributed by atoms with Crippen molar-refractivity contribution in [3.63, 3.8) is 0 Å². The van der Waals surface area contributed by atoms with Gasteiger partial charge in [0.25, 0.3) is 5.79 Å². The van der Waals surface area contributed by atoms with Gasteiger partial charge < -0.3 is 14.3 Å². The number of aromatic nitrogens is 1. The lowest BCUT2D eigenvalue weighted by Crippen LogP contribution is -2.38. The molecule has 2 aliphatic rings. The van der Waals surface area contributed by atoms with E-state index in [1.54, 1.807) is 14.2 Å². The molecule has 1 unspecified atom stereocenters. The van der Waals surface area contributed by atoms with Gasteiger partial charge in [0.15, 0.2) is 6.29 Å². The van der Waals surface area contributed by atoms with Crippen molar-refractivity contribution in [1.82, 2.24) is 4.98 Å². The minimum absolute atomic E-state index is 0.250. The van der Waals surface area contributed by atoms with Crippen LogP contribution in [0.5, 0.6) is 0 Å². The van der Waals surface area contributed by atoms with E-state index in [-0.39, 0.29) is 5.92 Å². The molecule has 0 bridgehead atoms. The molecule has 3 atom stereocenters. The predicted molar refractivity (Wildman–Crippen MR) is 87.1 cm³/mol. The molecule has 2 aromatic rings. The summed E-state index contributed by atoms with van der Waals surface area (Å²) in [4.78, 5) is 10.5. The molecule has 0 aliphatic carbocycles. The average Bonchev–Trinajstić information content (AvgIpc) is 3.06. The van der Waals surface area contributed by atoms with Gasteiger partial charge in [-0.25, -0.2) is 4.98 Å². The van der Waals surface area contributed by atoms with Crippen LogP contribution in [0.25, 0.3) is 10.9 Å². The van der Waals surface area contributed by atoms with Gasteiger partial charge in [-0.3, -0.25) is 4.74 Å². The summed E-state index contributed by atoms with van der Waals surface area (Å²) < 4.78 is 17.5. The van der Waals surface area contributed by atoms with Crippen molar-refractivity contribution in [3.8, 4) is 0 Å². The number of pyridine rings is 1. The number of fused-ring (bicyclic) bond motifs is 3. The Bertz CT molecular complexity index is 797. The molecular formula is C16H15BrN2O4. The molecule has 1 spiro atoms. The number of oxime groups is 1. The molecule has 1 aromatic carbocycles. The lowest BCUT2D eigenvalue weighted by molar-refractivity contribution is -0.307. The van der Waals surface area contributed by atoms with E-state index in [0.717, 1.165) is 16.5 Å². The molecular weight excluding hydrogens is 364 g/mol. The first-order chi connectivity index (χ1) is 11.2. The number of hydrogen-bond donors (Lipinski definition) is 0. The van der Waals surface area contributed by atoms with Crippen molar-refractivity contribution in [2.24, 2.45) is 11.1 Å². The third-order valence-corrected chi connectivity index (χ3v) is 4.88. The third kappa shape index (κ3) is 2.11. The molecule has 120 valence electrons. The van der Waals surface area contributed by atoms with E-state index >= 15 is 0 Å². The molecule has 0 fully saturated rings. The Kier molecular flexibility index (Phi) is 3.60. The minimum Gasteiger partial charge on any atom is -0.384 e. The number of hydrogen-bond acceptors (Lipinski definition) is 6. The Balaban J connectivity index is 1.91. The van der Waals surface area contributed by atoms with E-state index in [0.29, 0.717) is 16.9 Å². The Morgan fingerprint density at radius 2 is 2.13 bits per heavy atom. The standard InChI is InChI=1S/C16H15BrN2O4/c1-20-8-11-14(17)19-23-16(11)13-10(15(21-2)22-16)7-9-5-3-4-6-12(9)18-13/h3-7,11,15H,8H2,1-2H3/t11?,15-,16+/m0/s1. The molecule has 1 aromatic heterocycles. The lowest BCUT2D eigenvalue weighted by Gasteiger charge is -2.27. The number of benzene rings is 1. The van der Waals surface area contributed by atoms with Crippen LogP contribution in [-0.2, 0) is 24.8 Å². The summed E-state index contributed by atoms with van der Waals surface area (Å²) >= 11 is 3.43. The third-order valence-electron chi connectivity index (χ3n) is 4.18. The normalized spacial score (nSPS) is 28.9. The molecule has 7 heteroatoms. The van der Waals surface area contributed by atoms with Crippen molar-refractivity contribution in [2.75, 3.05) is 20.8 Å². The van der Waals surface area contributed by atoms with E-state index in [1.807, 2.05) is 30.3 Å². The number of nitrogens with zero attached hydrogens (tertiary/aromatic N) is 2. The van der Waals surface area contributed by atoms with Crippen LogP contribution in [0.3, 0.4) is 0 Å². The summed E-state index contributed by atoms with van der Waals surface area (Å²) in [7, 11) is 3.22. The fraction of sp³-hybridized carbons (Fsp3) is 0.375. The second-order valence-electron chi connectivity index (χ2n) is 5.49. The smallest absolute Gasteiger partial charge is 0.294 e. The van der Waals surface area contributed by atoms with Crippen LogP contribution in [-0.4, -0.2) is 30.4 Å². The highest BCUT2D eigenvalue weighted by atomic mass is 79.9. The summed E-state index contributed by atoms with van der Waals surface area (Å²) in [6.45, 7) is 0.383. The fourth-order valence-corrected chi connectivity index (χ4v) is 3.60. The largest absolute Gasteiger partial charge is 0.384 e. The van der Waals surface area contributed by atoms with Gasteiger partial charge >= 0.3 is 0 Å². The average molecular weight is 379 g/mol. The first kappa shape index (κ1) is 15.0. The number of methoxy groups -OCH3 is 2. The lowest BCUT2D eigenvalue weighted by atomic mass is 9.95. The van der Waals surface area contributed by atoms with Crippen molar-refractivity contribution in [1.29, 1.82) is 0 Å². The van der Waals surface area contributed by atoms with E-state index in [1.165, 1.54) is 0 Å². The number of halogens is 1. The van der Waals surface area contributed by atoms with Crippen molar-refractivity contribution in [2.45, 2.75) is 12.1 Å². The van der Waals surface area contributed by atoms with Crippen LogP contribution in [0.15, 0.2) is 35.5 Å². The van der Waals surface area contributed by atoms with Gasteiger partial charge in [-0.05, 0) is 28.1 Å². The van der Waals surface area contributed by atoms with Crippen LogP contribution in [0.1, 0.15) is 17.5 Å². The molecule has 0 saturated heterocycles. The first-order valence-electron chi connectivity index (χ1n) is 7.21. The van der Waals surface area contributed by atoms with E-state index in [9.17, 15) is 0 Å². The van der Waals surface area contributed by atoms with Gasteiger partial charge in [-0.15, -0.1) is 0 Å². The van der Waals surface area contributed by atoms with Crippen LogP contribution in [0.4, 0.5) is 0 Å². The maximum absolute atomic E-state index is 6.10. The highest BCUT2D eigenvalue weighted by Crippen LogP contribution is 2.52. The number of rotatable bonds is 3. The molecule has 3 heterocycles. The van der Waals surface area contributed by atoms with Gasteiger partial charge in [0, 0.05) is 25.2 Å². The van der Waals surface area contributed by atoms with Crippen LogP contribution in [0, 0.1) is 5.92 Å². The van der Waals surface area contributed by atoms with Gasteiger partial charge in [0.1, 0.15) is 16.2 Å². The van der Waals surface area contributed by atoms with Gasteiger partial charge in [0.05, 0.1) is 12.1 Å². The van der Waals surface area contributed by atoms with Gasteiger partial charge in [0.2, 0.25) is 0 Å². The second kappa shape index (κ2) is 5.52. The first-order valence-corrected chi connectivity index (χ1v) is 8.00. The molecule has 4 rings (SSSR count). The molecule has 2 aliphatic heterocycles. The van der Waals surface area contributed by atoms with Crippen molar-refractivity contribution >= 4 is 31.5 Å². The summed E-state index contributed by atoms with van der Waals surface area (Å²) in [5, 5.41) is 5.08. The predicted octanol–water partition coefficient (Wildman–Crippen LogP) is 3.06. The SMILES string of the molecule is COCC1C(Br)=NO[C@]12O[C@H](OC)c1cc3ccccc3nc12. The maximum Gasteiger partial charge on any atom is 0.294 e. The van der Waals surface area contributed by atoms with E-state index < -0.39 is 12.1 Å². The Hall–Kier alpha value is -1.54. The monoisotopic (exact) mass is 378 g/mol. The quantitative estimate of drug-likeness (QED) is 0.821. The summed E-state index contributed by atoms with van der Waals surface area (Å²) in [6.07, 6.45) is -0.560. The van der Waals surface area contributed by atoms with Gasteiger partial charge in [-0.2, -0.15) is 0 Å². The molecule has 23 heavy (non-hydrogen) atoms. The van der Waals surface area contributed by atoms with Crippen LogP contribution < -0.4 is 0 Å². The molecule has 0 N–H and O–H groups in total. The summed E-state index contributed by atoms with van der Waals surface area (Å²) in [5.74, 6) is -1.38. The zero-order valence-corrected chi connectivity index (χ0v) is 14.2. The second-order valence-corrected chi connectivity index (χ2v) is 6.30. The highest BCUT2D eigenvalue weighted by Gasteiger charge is 2.59.